The lowest BCUT2D eigenvalue weighted by molar-refractivity contribution is -0.904. The fourth-order valence-electron chi connectivity index (χ4n) is 4.44. The van der Waals surface area contributed by atoms with Crippen LogP contribution in [-0.2, 0) is 22.4 Å². The Labute approximate surface area is 153 Å². The third kappa shape index (κ3) is 4.23. The maximum absolute atomic E-state index is 12.6. The largest absolute Gasteiger partial charge is 0.465 e. The van der Waals surface area contributed by atoms with Crippen LogP contribution in [0.25, 0.3) is 0 Å². The van der Waals surface area contributed by atoms with Gasteiger partial charge in [0, 0.05) is 16.7 Å². The zero-order valence-corrected chi connectivity index (χ0v) is 16.3. The van der Waals surface area contributed by atoms with E-state index in [9.17, 15) is 9.59 Å². The number of methoxy groups -OCH3 is 1. The SMILES string of the molecule is COC(=O)c1c(NC(=O)C[NH+]2C[C@@H](C)C[C@H](C)C2)sc2c1CCCC2. The lowest BCUT2D eigenvalue weighted by atomic mass is 9.92. The van der Waals surface area contributed by atoms with Crippen LogP contribution < -0.4 is 10.2 Å². The van der Waals surface area contributed by atoms with Crippen molar-refractivity contribution in [2.24, 2.45) is 11.8 Å². The first kappa shape index (κ1) is 18.4. The molecule has 2 heterocycles. The number of nitrogens with one attached hydrogen (secondary N) is 2. The zero-order valence-electron chi connectivity index (χ0n) is 15.4. The molecule has 0 aromatic carbocycles. The van der Waals surface area contributed by atoms with Gasteiger partial charge in [-0.05, 0) is 37.7 Å². The van der Waals surface area contributed by atoms with Gasteiger partial charge < -0.3 is 15.0 Å². The highest BCUT2D eigenvalue weighted by Gasteiger charge is 2.29. The summed E-state index contributed by atoms with van der Waals surface area (Å²) in [6.07, 6.45) is 5.38. The third-order valence-corrected chi connectivity index (χ3v) is 6.51. The molecule has 1 aromatic rings. The average Bonchev–Trinajstić information content (AvgIpc) is 2.90. The molecule has 0 unspecified atom stereocenters. The molecule has 1 aliphatic heterocycles. The van der Waals surface area contributed by atoms with Gasteiger partial charge in [-0.1, -0.05) is 13.8 Å². The van der Waals surface area contributed by atoms with E-state index < -0.39 is 0 Å². The van der Waals surface area contributed by atoms with E-state index in [1.807, 2.05) is 0 Å². The Morgan fingerprint density at radius 1 is 1.20 bits per heavy atom. The predicted octanol–water partition coefficient (Wildman–Crippen LogP) is 1.91. The third-order valence-electron chi connectivity index (χ3n) is 5.30. The molecule has 2 atom stereocenters. The first-order valence-corrected chi connectivity index (χ1v) is 10.2. The number of rotatable bonds is 4. The van der Waals surface area contributed by atoms with Gasteiger partial charge in [-0.25, -0.2) is 4.79 Å². The molecule has 1 aromatic heterocycles. The second-order valence-corrected chi connectivity index (χ2v) is 8.84. The molecule has 3 rings (SSSR count). The number of hydrogen-bond acceptors (Lipinski definition) is 4. The average molecular weight is 366 g/mol. The molecule has 0 spiro atoms. The van der Waals surface area contributed by atoms with Crippen molar-refractivity contribution >= 4 is 28.2 Å². The molecule has 138 valence electrons. The van der Waals surface area contributed by atoms with Crippen molar-refractivity contribution < 1.29 is 19.2 Å². The minimum atomic E-state index is -0.331. The van der Waals surface area contributed by atoms with Crippen molar-refractivity contribution in [1.29, 1.82) is 0 Å². The molecule has 1 aliphatic carbocycles. The molecular weight excluding hydrogens is 336 g/mol. The Morgan fingerprint density at radius 3 is 2.56 bits per heavy atom. The molecule has 1 fully saturated rings. The normalized spacial score (nSPS) is 26.0. The molecule has 0 radical (unpaired) electrons. The number of carbonyl (C=O) groups is 2. The van der Waals surface area contributed by atoms with Crippen molar-refractivity contribution in [3.8, 4) is 0 Å². The number of piperidine rings is 1. The van der Waals surface area contributed by atoms with Crippen LogP contribution in [-0.4, -0.2) is 38.6 Å². The quantitative estimate of drug-likeness (QED) is 0.802. The van der Waals surface area contributed by atoms with Gasteiger partial charge in [-0.2, -0.15) is 0 Å². The van der Waals surface area contributed by atoms with Crippen LogP contribution >= 0.6 is 11.3 Å². The number of carbonyl (C=O) groups excluding carboxylic acids is 2. The van der Waals surface area contributed by atoms with Crippen molar-refractivity contribution in [3.63, 3.8) is 0 Å². The van der Waals surface area contributed by atoms with Gasteiger partial charge in [0.1, 0.15) is 5.00 Å². The zero-order chi connectivity index (χ0) is 18.0. The van der Waals surface area contributed by atoms with Gasteiger partial charge in [0.15, 0.2) is 6.54 Å². The van der Waals surface area contributed by atoms with E-state index in [0.29, 0.717) is 28.9 Å². The minimum Gasteiger partial charge on any atom is -0.465 e. The smallest absolute Gasteiger partial charge is 0.341 e. The Balaban J connectivity index is 1.72. The van der Waals surface area contributed by atoms with E-state index in [1.54, 1.807) is 11.3 Å². The van der Waals surface area contributed by atoms with Gasteiger partial charge in [0.05, 0.1) is 25.8 Å². The first-order valence-electron chi connectivity index (χ1n) is 9.34. The van der Waals surface area contributed by atoms with Crippen molar-refractivity contribution in [2.75, 3.05) is 32.1 Å². The summed E-state index contributed by atoms with van der Waals surface area (Å²) in [4.78, 5) is 27.4. The van der Waals surface area contributed by atoms with E-state index in [0.717, 1.165) is 44.3 Å². The van der Waals surface area contributed by atoms with Crippen LogP contribution in [0.4, 0.5) is 5.00 Å². The Morgan fingerprint density at radius 2 is 1.88 bits per heavy atom. The molecular formula is C19H29N2O3S+. The van der Waals surface area contributed by atoms with Crippen molar-refractivity contribution in [2.45, 2.75) is 46.0 Å². The molecule has 0 saturated carbocycles. The van der Waals surface area contributed by atoms with Gasteiger partial charge in [0.25, 0.3) is 5.91 Å². The maximum Gasteiger partial charge on any atom is 0.341 e. The summed E-state index contributed by atoms with van der Waals surface area (Å²) in [6.45, 7) is 7.08. The summed E-state index contributed by atoms with van der Waals surface area (Å²) in [5.74, 6) is 0.986. The molecule has 2 aliphatic rings. The second kappa shape index (κ2) is 7.87. The summed E-state index contributed by atoms with van der Waals surface area (Å²) >= 11 is 1.56. The topological polar surface area (TPSA) is 59.8 Å². The summed E-state index contributed by atoms with van der Waals surface area (Å²) in [5.41, 5.74) is 1.68. The van der Waals surface area contributed by atoms with Crippen LogP contribution in [0.2, 0.25) is 0 Å². The van der Waals surface area contributed by atoms with Crippen LogP contribution in [0.3, 0.4) is 0 Å². The molecule has 25 heavy (non-hydrogen) atoms. The van der Waals surface area contributed by atoms with E-state index in [2.05, 4.69) is 19.2 Å². The van der Waals surface area contributed by atoms with Crippen LogP contribution in [0.1, 0.15) is 53.9 Å². The molecule has 0 bridgehead atoms. The molecule has 1 amide bonds. The van der Waals surface area contributed by atoms with E-state index in [1.165, 1.54) is 23.3 Å². The molecule has 6 heteroatoms. The molecule has 5 nitrogen and oxygen atoms in total. The Bertz CT molecular complexity index is 645. The summed E-state index contributed by atoms with van der Waals surface area (Å²) in [7, 11) is 1.40. The fraction of sp³-hybridized carbons (Fsp3) is 0.684. The molecule has 1 saturated heterocycles. The highest BCUT2D eigenvalue weighted by atomic mass is 32.1. The van der Waals surface area contributed by atoms with Crippen LogP contribution in [0.5, 0.6) is 0 Å². The lowest BCUT2D eigenvalue weighted by Crippen LogP contribution is -3.15. The Hall–Kier alpha value is -1.40. The number of amides is 1. The fourth-order valence-corrected chi connectivity index (χ4v) is 5.73. The van der Waals surface area contributed by atoms with Gasteiger partial charge in [-0.15, -0.1) is 11.3 Å². The summed E-state index contributed by atoms with van der Waals surface area (Å²) in [6, 6.07) is 0. The van der Waals surface area contributed by atoms with Crippen molar-refractivity contribution in [3.05, 3.63) is 16.0 Å². The van der Waals surface area contributed by atoms with Crippen LogP contribution in [0.15, 0.2) is 0 Å². The second-order valence-electron chi connectivity index (χ2n) is 7.74. The van der Waals surface area contributed by atoms with Crippen molar-refractivity contribution in [1.82, 2.24) is 0 Å². The van der Waals surface area contributed by atoms with Gasteiger partial charge in [-0.3, -0.25) is 4.79 Å². The number of hydrogen-bond donors (Lipinski definition) is 2. The highest BCUT2D eigenvalue weighted by molar-refractivity contribution is 7.17. The van der Waals surface area contributed by atoms with E-state index >= 15 is 0 Å². The number of ether oxygens (including phenoxy) is 1. The number of likely N-dealkylation sites (tertiary alicyclic amines) is 1. The summed E-state index contributed by atoms with van der Waals surface area (Å²) in [5, 5.41) is 3.70. The molecule has 2 N–H and O–H groups in total. The number of anilines is 1. The Kier molecular flexibility index (Phi) is 5.79. The minimum absolute atomic E-state index is 0.0000463. The number of thiophene rings is 1. The van der Waals surface area contributed by atoms with E-state index in [4.69, 9.17) is 4.74 Å². The van der Waals surface area contributed by atoms with Gasteiger partial charge in [0.2, 0.25) is 0 Å². The lowest BCUT2D eigenvalue weighted by Gasteiger charge is -2.31. The monoisotopic (exact) mass is 365 g/mol. The number of fused-ring (bicyclic) bond motifs is 1. The van der Waals surface area contributed by atoms with Gasteiger partial charge >= 0.3 is 5.97 Å². The maximum atomic E-state index is 12.6. The van der Waals surface area contributed by atoms with Crippen LogP contribution in [0, 0.1) is 11.8 Å². The standard InChI is InChI=1S/C19H28N2O3S/c1-12-8-13(2)10-21(9-12)11-16(22)20-18-17(19(23)24-3)14-6-4-5-7-15(14)25-18/h12-13H,4-11H2,1-3H3,(H,20,22)/p+1/t12-,13-/m0/s1. The number of esters is 1. The van der Waals surface area contributed by atoms with E-state index in [-0.39, 0.29) is 11.9 Å². The number of aryl methyl sites for hydroxylation is 1. The predicted molar refractivity (Wildman–Crippen MR) is 99.4 cm³/mol. The summed E-state index contributed by atoms with van der Waals surface area (Å²) < 4.78 is 4.97. The highest BCUT2D eigenvalue weighted by Crippen LogP contribution is 2.38. The first-order chi connectivity index (χ1) is 12.0. The number of quaternary nitrogens is 1.